The highest BCUT2D eigenvalue weighted by Gasteiger charge is 2.10. The average Bonchev–Trinajstić information content (AvgIpc) is 2.73. The van der Waals surface area contributed by atoms with Gasteiger partial charge in [-0.1, -0.05) is 48.5 Å². The predicted octanol–water partition coefficient (Wildman–Crippen LogP) is 3.36. The number of rotatable bonds is 9. The number of aryl methyl sites for hydroxylation is 1. The normalized spacial score (nSPS) is 11.1. The molecule has 0 saturated carbocycles. The van der Waals surface area contributed by atoms with Crippen LogP contribution in [0.3, 0.4) is 0 Å². The standard InChI is InChI=1S/C23H27N3O2S/c1-3-26-20-12-8-7-11-19(20)21(15-23(26)28)29-17-22(27)24-13-14-25(2)16-18-9-5-4-6-10-18/h4-12,15H,3,13-14,16-17H2,1-2H3,(H,24,27). The Morgan fingerprint density at radius 2 is 1.83 bits per heavy atom. The second-order valence-corrected chi connectivity index (χ2v) is 7.99. The van der Waals surface area contributed by atoms with Gasteiger partial charge in [0.2, 0.25) is 5.91 Å². The molecule has 0 saturated heterocycles. The Labute approximate surface area is 175 Å². The van der Waals surface area contributed by atoms with Crippen LogP contribution in [-0.2, 0) is 17.9 Å². The summed E-state index contributed by atoms with van der Waals surface area (Å²) in [6.45, 7) is 4.82. The Hall–Kier alpha value is -2.57. The largest absolute Gasteiger partial charge is 0.354 e. The summed E-state index contributed by atoms with van der Waals surface area (Å²) in [4.78, 5) is 27.7. The Bertz CT molecular complexity index is 1020. The van der Waals surface area contributed by atoms with Crippen LogP contribution >= 0.6 is 11.8 Å². The number of carbonyl (C=O) groups excluding carboxylic acids is 1. The van der Waals surface area contributed by atoms with Gasteiger partial charge in [0.05, 0.1) is 11.3 Å². The number of likely N-dealkylation sites (N-methyl/N-ethyl adjacent to an activating group) is 1. The summed E-state index contributed by atoms with van der Waals surface area (Å²) in [5, 5.41) is 3.98. The van der Waals surface area contributed by atoms with Crippen molar-refractivity contribution in [2.75, 3.05) is 25.9 Å². The highest BCUT2D eigenvalue weighted by atomic mass is 32.2. The predicted molar refractivity (Wildman–Crippen MR) is 120 cm³/mol. The van der Waals surface area contributed by atoms with Gasteiger partial charge in [-0.15, -0.1) is 11.8 Å². The third-order valence-electron chi connectivity index (χ3n) is 4.77. The van der Waals surface area contributed by atoms with Crippen LogP contribution in [0.4, 0.5) is 0 Å². The molecule has 1 heterocycles. The Morgan fingerprint density at radius 1 is 1.10 bits per heavy atom. The molecule has 0 fully saturated rings. The van der Waals surface area contributed by atoms with E-state index in [-0.39, 0.29) is 11.5 Å². The number of benzene rings is 2. The van der Waals surface area contributed by atoms with E-state index in [9.17, 15) is 9.59 Å². The van der Waals surface area contributed by atoms with Crippen molar-refractivity contribution >= 4 is 28.6 Å². The van der Waals surface area contributed by atoms with E-state index in [0.717, 1.165) is 28.9 Å². The van der Waals surface area contributed by atoms with Gasteiger partial charge in [0, 0.05) is 42.5 Å². The van der Waals surface area contributed by atoms with Gasteiger partial charge < -0.3 is 14.8 Å². The van der Waals surface area contributed by atoms with E-state index in [1.54, 1.807) is 10.6 Å². The average molecular weight is 410 g/mol. The molecule has 0 aliphatic rings. The van der Waals surface area contributed by atoms with E-state index in [0.29, 0.717) is 18.8 Å². The summed E-state index contributed by atoms with van der Waals surface area (Å²) in [6, 6.07) is 19.7. The van der Waals surface area contributed by atoms with Crippen LogP contribution in [-0.4, -0.2) is 41.3 Å². The summed E-state index contributed by atoms with van der Waals surface area (Å²) < 4.78 is 1.75. The third-order valence-corrected chi connectivity index (χ3v) is 5.82. The number of hydrogen-bond acceptors (Lipinski definition) is 4. The zero-order chi connectivity index (χ0) is 20.6. The molecule has 3 aromatic rings. The fourth-order valence-electron chi connectivity index (χ4n) is 3.30. The number of para-hydroxylation sites is 1. The van der Waals surface area contributed by atoms with Crippen molar-refractivity contribution in [1.29, 1.82) is 0 Å². The smallest absolute Gasteiger partial charge is 0.252 e. The number of carbonyl (C=O) groups is 1. The first kappa shape index (κ1) is 21.1. The molecule has 0 radical (unpaired) electrons. The summed E-state index contributed by atoms with van der Waals surface area (Å²) >= 11 is 1.41. The molecule has 3 rings (SSSR count). The second-order valence-electron chi connectivity index (χ2n) is 6.97. The molecular formula is C23H27N3O2S. The fourth-order valence-corrected chi connectivity index (χ4v) is 4.21. The van der Waals surface area contributed by atoms with Gasteiger partial charge in [0.15, 0.2) is 0 Å². The van der Waals surface area contributed by atoms with Crippen molar-refractivity contribution < 1.29 is 4.79 Å². The van der Waals surface area contributed by atoms with Gasteiger partial charge in [0.25, 0.3) is 5.56 Å². The van der Waals surface area contributed by atoms with Crippen molar-refractivity contribution in [1.82, 2.24) is 14.8 Å². The lowest BCUT2D eigenvalue weighted by Crippen LogP contribution is -2.33. The monoisotopic (exact) mass is 409 g/mol. The van der Waals surface area contributed by atoms with Crippen LogP contribution in [0.2, 0.25) is 0 Å². The number of hydrogen-bond donors (Lipinski definition) is 1. The van der Waals surface area contributed by atoms with Gasteiger partial charge in [-0.3, -0.25) is 9.59 Å². The number of thioether (sulfide) groups is 1. The van der Waals surface area contributed by atoms with Crippen molar-refractivity contribution in [3.63, 3.8) is 0 Å². The minimum absolute atomic E-state index is 0.0214. The van der Waals surface area contributed by atoms with Crippen LogP contribution in [0.15, 0.2) is 70.4 Å². The number of aromatic nitrogens is 1. The molecule has 0 aliphatic carbocycles. The van der Waals surface area contributed by atoms with E-state index in [2.05, 4.69) is 22.3 Å². The summed E-state index contributed by atoms with van der Waals surface area (Å²) in [5.41, 5.74) is 2.13. The molecule has 2 aromatic carbocycles. The lowest BCUT2D eigenvalue weighted by atomic mass is 10.2. The number of pyridine rings is 1. The first-order valence-electron chi connectivity index (χ1n) is 9.83. The van der Waals surface area contributed by atoms with Gasteiger partial charge >= 0.3 is 0 Å². The molecule has 0 unspecified atom stereocenters. The van der Waals surface area contributed by atoms with Crippen LogP contribution < -0.4 is 10.9 Å². The maximum atomic E-state index is 12.4. The summed E-state index contributed by atoms with van der Waals surface area (Å²) in [5.74, 6) is 0.272. The summed E-state index contributed by atoms with van der Waals surface area (Å²) in [6.07, 6.45) is 0. The minimum atomic E-state index is -0.0309. The molecule has 0 aliphatic heterocycles. The minimum Gasteiger partial charge on any atom is -0.354 e. The molecule has 5 nitrogen and oxygen atoms in total. The zero-order valence-electron chi connectivity index (χ0n) is 16.9. The second kappa shape index (κ2) is 10.3. The first-order valence-corrected chi connectivity index (χ1v) is 10.8. The van der Waals surface area contributed by atoms with Gasteiger partial charge in [0.1, 0.15) is 0 Å². The number of fused-ring (bicyclic) bond motifs is 1. The van der Waals surface area contributed by atoms with E-state index in [1.165, 1.54) is 17.3 Å². The molecule has 1 amide bonds. The fraction of sp³-hybridized carbons (Fsp3) is 0.304. The van der Waals surface area contributed by atoms with Crippen molar-refractivity contribution in [3.05, 3.63) is 76.6 Å². The first-order chi connectivity index (χ1) is 14.1. The number of nitrogens with zero attached hydrogens (tertiary/aromatic N) is 2. The topological polar surface area (TPSA) is 54.3 Å². The van der Waals surface area contributed by atoms with E-state index >= 15 is 0 Å². The van der Waals surface area contributed by atoms with Crippen LogP contribution in [0.25, 0.3) is 10.9 Å². The molecule has 29 heavy (non-hydrogen) atoms. The molecular weight excluding hydrogens is 382 g/mol. The van der Waals surface area contributed by atoms with E-state index < -0.39 is 0 Å². The lowest BCUT2D eigenvalue weighted by Gasteiger charge is -2.17. The lowest BCUT2D eigenvalue weighted by molar-refractivity contribution is -0.118. The molecule has 6 heteroatoms. The van der Waals surface area contributed by atoms with Crippen LogP contribution in [0.1, 0.15) is 12.5 Å². The van der Waals surface area contributed by atoms with Gasteiger partial charge in [-0.2, -0.15) is 0 Å². The molecule has 0 bridgehead atoms. The molecule has 152 valence electrons. The maximum Gasteiger partial charge on any atom is 0.252 e. The van der Waals surface area contributed by atoms with Crippen molar-refractivity contribution in [2.45, 2.75) is 24.9 Å². The van der Waals surface area contributed by atoms with Crippen LogP contribution in [0, 0.1) is 0 Å². The Kier molecular flexibility index (Phi) is 7.49. The van der Waals surface area contributed by atoms with E-state index in [4.69, 9.17) is 0 Å². The number of nitrogens with one attached hydrogen (secondary N) is 1. The maximum absolute atomic E-state index is 12.4. The van der Waals surface area contributed by atoms with Gasteiger partial charge in [-0.25, -0.2) is 0 Å². The highest BCUT2D eigenvalue weighted by molar-refractivity contribution is 8.00. The van der Waals surface area contributed by atoms with E-state index in [1.807, 2.05) is 56.4 Å². The molecule has 1 aromatic heterocycles. The molecule has 0 atom stereocenters. The summed E-state index contributed by atoms with van der Waals surface area (Å²) in [7, 11) is 2.04. The van der Waals surface area contributed by atoms with Crippen molar-refractivity contribution in [3.8, 4) is 0 Å². The zero-order valence-corrected chi connectivity index (χ0v) is 17.7. The SMILES string of the molecule is CCn1c(=O)cc(SCC(=O)NCCN(C)Cc2ccccc2)c2ccccc21. The van der Waals surface area contributed by atoms with Crippen molar-refractivity contribution in [2.24, 2.45) is 0 Å². The molecule has 1 N–H and O–H groups in total. The molecule has 0 spiro atoms. The Balaban J connectivity index is 1.51. The number of amides is 1. The quantitative estimate of drug-likeness (QED) is 0.551. The third kappa shape index (κ3) is 5.71. The van der Waals surface area contributed by atoms with Gasteiger partial charge in [-0.05, 0) is 25.6 Å². The van der Waals surface area contributed by atoms with Crippen LogP contribution in [0.5, 0.6) is 0 Å². The highest BCUT2D eigenvalue weighted by Crippen LogP contribution is 2.26. The Morgan fingerprint density at radius 3 is 2.59 bits per heavy atom.